The van der Waals surface area contributed by atoms with Crippen LogP contribution >= 0.6 is 0 Å². The first-order valence-corrected chi connectivity index (χ1v) is 4.30. The van der Waals surface area contributed by atoms with Gasteiger partial charge in [-0.2, -0.15) is 0 Å². The number of ether oxygens (including phenoxy) is 1. The Kier molecular flexibility index (Phi) is 3.11. The summed E-state index contributed by atoms with van der Waals surface area (Å²) in [5, 5.41) is 2.70. The molecule has 2 amide bonds. The van der Waals surface area contributed by atoms with Crippen LogP contribution in [0.25, 0.3) is 0 Å². The van der Waals surface area contributed by atoms with Gasteiger partial charge in [0.15, 0.2) is 0 Å². The maximum atomic E-state index is 11.2. The van der Waals surface area contributed by atoms with Gasteiger partial charge in [0.2, 0.25) is 5.91 Å². The second-order valence-electron chi connectivity index (χ2n) is 3.26. The molecule has 1 aliphatic rings. The van der Waals surface area contributed by atoms with E-state index in [1.165, 1.54) is 4.90 Å². The first kappa shape index (κ1) is 9.83. The summed E-state index contributed by atoms with van der Waals surface area (Å²) in [7, 11) is 0. The third kappa shape index (κ3) is 2.93. The van der Waals surface area contributed by atoms with E-state index in [1.54, 1.807) is 0 Å². The third-order valence-electron chi connectivity index (χ3n) is 1.63. The molecule has 1 saturated heterocycles. The zero-order valence-electron chi connectivity index (χ0n) is 7.87. The van der Waals surface area contributed by atoms with E-state index < -0.39 is 6.09 Å². The molecule has 5 heteroatoms. The van der Waals surface area contributed by atoms with Crippen molar-refractivity contribution in [3.05, 3.63) is 0 Å². The standard InChI is InChI=1S/C8H14N2O3/c1-6(2)9-7(11)5-10-3-4-13-8(10)12/h6H,3-5H2,1-2H3,(H,9,11). The zero-order chi connectivity index (χ0) is 9.84. The minimum atomic E-state index is -0.404. The predicted octanol–water partition coefficient (Wildman–Crippen LogP) is -0.0368. The second-order valence-corrected chi connectivity index (χ2v) is 3.26. The Morgan fingerprint density at radius 2 is 2.38 bits per heavy atom. The van der Waals surface area contributed by atoms with Gasteiger partial charge in [0.05, 0.1) is 6.54 Å². The first-order valence-electron chi connectivity index (χ1n) is 4.30. The van der Waals surface area contributed by atoms with Crippen molar-refractivity contribution < 1.29 is 14.3 Å². The summed E-state index contributed by atoms with van der Waals surface area (Å²) in [6, 6.07) is 0.103. The number of cyclic esters (lactones) is 1. The Morgan fingerprint density at radius 1 is 1.69 bits per heavy atom. The van der Waals surface area contributed by atoms with Crippen molar-refractivity contribution in [2.45, 2.75) is 19.9 Å². The Morgan fingerprint density at radius 3 is 2.85 bits per heavy atom. The molecule has 0 aromatic heterocycles. The van der Waals surface area contributed by atoms with Crippen LogP contribution in [-0.2, 0) is 9.53 Å². The number of hydrogen-bond acceptors (Lipinski definition) is 3. The maximum Gasteiger partial charge on any atom is 0.410 e. The van der Waals surface area contributed by atoms with Crippen LogP contribution in [0.15, 0.2) is 0 Å². The highest BCUT2D eigenvalue weighted by Crippen LogP contribution is 2.01. The first-order chi connectivity index (χ1) is 6.09. The topological polar surface area (TPSA) is 58.6 Å². The number of nitrogens with one attached hydrogen (secondary N) is 1. The molecule has 0 saturated carbocycles. The summed E-state index contributed by atoms with van der Waals surface area (Å²) >= 11 is 0. The highest BCUT2D eigenvalue weighted by molar-refractivity contribution is 5.82. The third-order valence-corrected chi connectivity index (χ3v) is 1.63. The lowest BCUT2D eigenvalue weighted by Crippen LogP contribution is -2.40. The average molecular weight is 186 g/mol. The van der Waals surface area contributed by atoms with E-state index in [2.05, 4.69) is 10.1 Å². The van der Waals surface area contributed by atoms with Crippen LogP contribution in [-0.4, -0.2) is 42.6 Å². The van der Waals surface area contributed by atoms with Gasteiger partial charge in [0.1, 0.15) is 13.2 Å². The van der Waals surface area contributed by atoms with Crippen LogP contribution in [0.2, 0.25) is 0 Å². The molecule has 0 unspecified atom stereocenters. The largest absolute Gasteiger partial charge is 0.448 e. The van der Waals surface area contributed by atoms with Crippen molar-refractivity contribution in [1.29, 1.82) is 0 Å². The fraction of sp³-hybridized carbons (Fsp3) is 0.750. The Bertz CT molecular complexity index is 215. The number of hydrogen-bond donors (Lipinski definition) is 1. The molecule has 1 aliphatic heterocycles. The van der Waals surface area contributed by atoms with E-state index in [4.69, 9.17) is 0 Å². The number of rotatable bonds is 3. The van der Waals surface area contributed by atoms with E-state index in [1.807, 2.05) is 13.8 Å². The van der Waals surface area contributed by atoms with Crippen molar-refractivity contribution in [3.8, 4) is 0 Å². The molecule has 74 valence electrons. The molecule has 0 aromatic carbocycles. The van der Waals surface area contributed by atoms with E-state index in [0.29, 0.717) is 13.2 Å². The quantitative estimate of drug-likeness (QED) is 0.673. The van der Waals surface area contributed by atoms with E-state index in [9.17, 15) is 9.59 Å². The van der Waals surface area contributed by atoms with Gasteiger partial charge in [-0.15, -0.1) is 0 Å². The molecule has 0 atom stereocenters. The summed E-state index contributed by atoms with van der Waals surface area (Å²) in [5.74, 6) is -0.145. The maximum absolute atomic E-state index is 11.2. The summed E-state index contributed by atoms with van der Waals surface area (Å²) in [4.78, 5) is 23.5. The van der Waals surface area contributed by atoms with Crippen LogP contribution in [0.4, 0.5) is 4.79 Å². The molecule has 13 heavy (non-hydrogen) atoms. The fourth-order valence-electron chi connectivity index (χ4n) is 1.11. The Labute approximate surface area is 77.0 Å². The summed E-state index contributed by atoms with van der Waals surface area (Å²) in [6.07, 6.45) is -0.404. The molecule has 1 heterocycles. The normalized spacial score (nSPS) is 16.2. The monoisotopic (exact) mass is 186 g/mol. The van der Waals surface area contributed by atoms with E-state index in [-0.39, 0.29) is 18.5 Å². The van der Waals surface area contributed by atoms with Gasteiger partial charge >= 0.3 is 6.09 Å². The van der Waals surface area contributed by atoms with Crippen molar-refractivity contribution in [2.24, 2.45) is 0 Å². The molecule has 5 nitrogen and oxygen atoms in total. The van der Waals surface area contributed by atoms with Gasteiger partial charge < -0.3 is 10.1 Å². The second kappa shape index (κ2) is 4.11. The van der Waals surface area contributed by atoms with Crippen molar-refractivity contribution in [2.75, 3.05) is 19.7 Å². The minimum Gasteiger partial charge on any atom is -0.448 e. The molecule has 0 spiro atoms. The number of amides is 2. The van der Waals surface area contributed by atoms with Gasteiger partial charge in [0.25, 0.3) is 0 Å². The van der Waals surface area contributed by atoms with Crippen LogP contribution in [0.5, 0.6) is 0 Å². The van der Waals surface area contributed by atoms with Crippen molar-refractivity contribution in [3.63, 3.8) is 0 Å². The lowest BCUT2D eigenvalue weighted by atomic mass is 10.4. The molecule has 1 N–H and O–H groups in total. The van der Waals surface area contributed by atoms with Crippen molar-refractivity contribution in [1.82, 2.24) is 10.2 Å². The highest BCUT2D eigenvalue weighted by Gasteiger charge is 2.23. The van der Waals surface area contributed by atoms with Crippen molar-refractivity contribution >= 4 is 12.0 Å². The summed E-state index contributed by atoms with van der Waals surface area (Å²) in [5.41, 5.74) is 0. The highest BCUT2D eigenvalue weighted by atomic mass is 16.6. The van der Waals surface area contributed by atoms with Gasteiger partial charge in [-0.1, -0.05) is 0 Å². The number of nitrogens with zero attached hydrogens (tertiary/aromatic N) is 1. The van der Waals surface area contributed by atoms with E-state index in [0.717, 1.165) is 0 Å². The van der Waals surface area contributed by atoms with Crippen LogP contribution in [0, 0.1) is 0 Å². The molecule has 0 aromatic rings. The summed E-state index contributed by atoms with van der Waals surface area (Å²) in [6.45, 7) is 4.73. The minimum absolute atomic E-state index is 0.0943. The summed E-state index contributed by atoms with van der Waals surface area (Å²) < 4.78 is 4.68. The molecule has 0 bridgehead atoms. The van der Waals surface area contributed by atoms with Crippen LogP contribution in [0.1, 0.15) is 13.8 Å². The zero-order valence-corrected chi connectivity index (χ0v) is 7.87. The lowest BCUT2D eigenvalue weighted by Gasteiger charge is -2.13. The number of carbonyl (C=O) groups is 2. The van der Waals surface area contributed by atoms with Gasteiger partial charge in [-0.3, -0.25) is 9.69 Å². The lowest BCUT2D eigenvalue weighted by molar-refractivity contribution is -0.122. The average Bonchev–Trinajstić information content (AvgIpc) is 2.34. The Hall–Kier alpha value is -1.26. The van der Waals surface area contributed by atoms with E-state index >= 15 is 0 Å². The molecule has 1 fully saturated rings. The fourth-order valence-corrected chi connectivity index (χ4v) is 1.11. The molecule has 0 aliphatic carbocycles. The molecule has 1 rings (SSSR count). The van der Waals surface area contributed by atoms with Gasteiger partial charge in [-0.25, -0.2) is 4.79 Å². The van der Waals surface area contributed by atoms with Gasteiger partial charge in [0, 0.05) is 6.04 Å². The van der Waals surface area contributed by atoms with Crippen LogP contribution in [0.3, 0.4) is 0 Å². The van der Waals surface area contributed by atoms with Gasteiger partial charge in [-0.05, 0) is 13.8 Å². The molecule has 0 radical (unpaired) electrons. The number of carbonyl (C=O) groups excluding carboxylic acids is 2. The SMILES string of the molecule is CC(C)NC(=O)CN1CCOC1=O. The Balaban J connectivity index is 2.31. The van der Waals surface area contributed by atoms with Crippen LogP contribution < -0.4 is 5.32 Å². The molecular formula is C8H14N2O3. The predicted molar refractivity (Wildman–Crippen MR) is 46.2 cm³/mol. The molecular weight excluding hydrogens is 172 g/mol. The smallest absolute Gasteiger partial charge is 0.410 e.